The molecule has 0 saturated carbocycles. The molecule has 7 nitrogen and oxygen atoms in total. The first kappa shape index (κ1) is 21.7. The quantitative estimate of drug-likeness (QED) is 0.656. The van der Waals surface area contributed by atoms with Crippen LogP contribution in [0.3, 0.4) is 0 Å². The van der Waals surface area contributed by atoms with E-state index >= 15 is 0 Å². The molecule has 150 valence electrons. The van der Waals surface area contributed by atoms with Crippen molar-refractivity contribution < 1.29 is 22.7 Å². The van der Waals surface area contributed by atoms with E-state index in [-0.39, 0.29) is 36.4 Å². The highest BCUT2D eigenvalue weighted by molar-refractivity contribution is 7.89. The molecule has 1 aromatic carbocycles. The second kappa shape index (κ2) is 10.1. The van der Waals surface area contributed by atoms with Crippen molar-refractivity contribution in [2.75, 3.05) is 19.7 Å². The van der Waals surface area contributed by atoms with Crippen molar-refractivity contribution in [3.8, 4) is 0 Å². The average molecular weight is 417 g/mol. The zero-order chi connectivity index (χ0) is 19.9. The third-order valence-corrected chi connectivity index (χ3v) is 6.25. The van der Waals surface area contributed by atoms with Gasteiger partial charge >= 0.3 is 5.97 Å². The molecular weight excluding hydrogens is 392 g/mol. The van der Waals surface area contributed by atoms with E-state index in [0.29, 0.717) is 11.6 Å². The van der Waals surface area contributed by atoms with Gasteiger partial charge in [-0.3, -0.25) is 9.59 Å². The number of sulfonamides is 1. The van der Waals surface area contributed by atoms with E-state index in [4.69, 9.17) is 16.3 Å². The number of benzene rings is 1. The maximum Gasteiger partial charge on any atom is 0.307 e. The number of carbonyl (C=O) groups is 2. The molecule has 1 saturated heterocycles. The lowest BCUT2D eigenvalue weighted by atomic mass is 10.00. The molecule has 0 unspecified atom stereocenters. The van der Waals surface area contributed by atoms with Gasteiger partial charge in [0.15, 0.2) is 6.61 Å². The standard InChI is InChI=1S/C18H25ClN2O5S/c1-2-15-5-3-4-12-21(15)17(22)13-26-18(23)10-11-20-27(24,25)16-8-6-14(19)7-9-16/h6-9,15,20H,2-5,10-13H2,1H3/t15-/m1/s1. The Balaban J connectivity index is 1.74. The fraction of sp³-hybridized carbons (Fsp3) is 0.556. The number of carbonyl (C=O) groups excluding carboxylic acids is 2. The zero-order valence-corrected chi connectivity index (χ0v) is 16.9. The minimum atomic E-state index is -3.72. The summed E-state index contributed by atoms with van der Waals surface area (Å²) in [6, 6.07) is 5.91. The summed E-state index contributed by atoms with van der Waals surface area (Å²) >= 11 is 5.73. The topological polar surface area (TPSA) is 92.8 Å². The van der Waals surface area contributed by atoms with Crippen LogP contribution in [0.15, 0.2) is 29.2 Å². The number of rotatable bonds is 8. The van der Waals surface area contributed by atoms with Gasteiger partial charge in [-0.15, -0.1) is 0 Å². The Labute approximate surface area is 165 Å². The molecule has 27 heavy (non-hydrogen) atoms. The third-order valence-electron chi connectivity index (χ3n) is 4.52. The molecule has 1 atom stereocenters. The van der Waals surface area contributed by atoms with Gasteiger partial charge in [-0.25, -0.2) is 13.1 Å². The number of esters is 1. The van der Waals surface area contributed by atoms with Gasteiger partial charge in [0, 0.05) is 24.2 Å². The van der Waals surface area contributed by atoms with Crippen molar-refractivity contribution in [3.63, 3.8) is 0 Å². The fourth-order valence-electron chi connectivity index (χ4n) is 3.04. The predicted octanol–water partition coefficient (Wildman–Crippen LogP) is 2.34. The van der Waals surface area contributed by atoms with Crippen LogP contribution in [0, 0.1) is 0 Å². The molecular formula is C18H25ClN2O5S. The van der Waals surface area contributed by atoms with Crippen LogP contribution in [0.1, 0.15) is 39.0 Å². The molecule has 0 aliphatic carbocycles. The number of piperidine rings is 1. The minimum absolute atomic E-state index is 0.0613. The molecule has 0 bridgehead atoms. The number of halogens is 1. The smallest absolute Gasteiger partial charge is 0.307 e. The highest BCUT2D eigenvalue weighted by Gasteiger charge is 2.25. The van der Waals surface area contributed by atoms with Gasteiger partial charge in [-0.2, -0.15) is 0 Å². The van der Waals surface area contributed by atoms with Crippen molar-refractivity contribution in [2.24, 2.45) is 0 Å². The van der Waals surface area contributed by atoms with Gasteiger partial charge in [0.1, 0.15) is 0 Å². The van der Waals surface area contributed by atoms with Crippen molar-refractivity contribution in [2.45, 2.75) is 50.0 Å². The molecule has 0 aromatic heterocycles. The van der Waals surface area contributed by atoms with E-state index in [2.05, 4.69) is 4.72 Å². The van der Waals surface area contributed by atoms with E-state index in [1.54, 1.807) is 4.90 Å². The molecule has 1 aliphatic heterocycles. The van der Waals surface area contributed by atoms with Gasteiger partial charge in [-0.05, 0) is 49.9 Å². The van der Waals surface area contributed by atoms with Crippen LogP contribution >= 0.6 is 11.6 Å². The molecule has 1 aromatic rings. The monoisotopic (exact) mass is 416 g/mol. The Bertz CT molecular complexity index is 752. The van der Waals surface area contributed by atoms with Crippen LogP contribution in [-0.2, 0) is 24.3 Å². The molecule has 0 spiro atoms. The number of ether oxygens (including phenoxy) is 1. The van der Waals surface area contributed by atoms with Gasteiger partial charge in [-0.1, -0.05) is 18.5 Å². The molecule has 1 aliphatic rings. The highest BCUT2D eigenvalue weighted by atomic mass is 35.5. The molecule has 2 rings (SSSR count). The normalized spacial score (nSPS) is 17.6. The summed E-state index contributed by atoms with van der Waals surface area (Å²) in [6.07, 6.45) is 3.77. The van der Waals surface area contributed by atoms with Crippen LogP contribution < -0.4 is 4.72 Å². The van der Waals surface area contributed by atoms with Crippen molar-refractivity contribution in [3.05, 3.63) is 29.3 Å². The summed E-state index contributed by atoms with van der Waals surface area (Å²) < 4.78 is 31.5. The van der Waals surface area contributed by atoms with E-state index in [0.717, 1.165) is 25.7 Å². The predicted molar refractivity (Wildman–Crippen MR) is 102 cm³/mol. The zero-order valence-electron chi connectivity index (χ0n) is 15.3. The average Bonchev–Trinajstić information content (AvgIpc) is 2.66. The Morgan fingerprint density at radius 3 is 2.63 bits per heavy atom. The van der Waals surface area contributed by atoms with Crippen LogP contribution in [0.4, 0.5) is 0 Å². The summed E-state index contributed by atoms with van der Waals surface area (Å²) in [5.74, 6) is -0.816. The number of hydrogen-bond donors (Lipinski definition) is 1. The van der Waals surface area contributed by atoms with Gasteiger partial charge in [0.25, 0.3) is 5.91 Å². The van der Waals surface area contributed by atoms with Crippen LogP contribution in [-0.4, -0.2) is 50.9 Å². The summed E-state index contributed by atoms with van der Waals surface area (Å²) in [4.78, 5) is 25.9. The maximum atomic E-state index is 12.2. The summed E-state index contributed by atoms with van der Waals surface area (Å²) in [7, 11) is -3.72. The van der Waals surface area contributed by atoms with Crippen molar-refractivity contribution in [1.29, 1.82) is 0 Å². The van der Waals surface area contributed by atoms with Gasteiger partial charge in [0.2, 0.25) is 10.0 Å². The molecule has 1 N–H and O–H groups in total. The van der Waals surface area contributed by atoms with E-state index in [1.807, 2.05) is 6.92 Å². The summed E-state index contributed by atoms with van der Waals surface area (Å²) in [5, 5.41) is 0.432. The van der Waals surface area contributed by atoms with E-state index in [1.165, 1.54) is 24.3 Å². The lowest BCUT2D eigenvalue weighted by Gasteiger charge is -2.35. The number of nitrogens with zero attached hydrogens (tertiary/aromatic N) is 1. The molecule has 0 radical (unpaired) electrons. The number of likely N-dealkylation sites (tertiary alicyclic amines) is 1. The first-order chi connectivity index (χ1) is 12.8. The number of nitrogens with one attached hydrogen (secondary N) is 1. The van der Waals surface area contributed by atoms with Crippen LogP contribution in [0.25, 0.3) is 0 Å². The minimum Gasteiger partial charge on any atom is -0.456 e. The summed E-state index contributed by atoms with van der Waals surface area (Å²) in [5.41, 5.74) is 0. The largest absolute Gasteiger partial charge is 0.456 e. The Morgan fingerprint density at radius 2 is 1.96 bits per heavy atom. The molecule has 9 heteroatoms. The Hall–Kier alpha value is -1.64. The molecule has 1 amide bonds. The second-order valence-electron chi connectivity index (χ2n) is 6.41. The Kier molecular flexibility index (Phi) is 8.07. The molecule has 1 heterocycles. The summed E-state index contributed by atoms with van der Waals surface area (Å²) in [6.45, 7) is 2.31. The Morgan fingerprint density at radius 1 is 1.26 bits per heavy atom. The first-order valence-corrected chi connectivity index (χ1v) is 10.9. The fourth-order valence-corrected chi connectivity index (χ4v) is 4.19. The molecule has 1 fully saturated rings. The van der Waals surface area contributed by atoms with Crippen molar-refractivity contribution in [1.82, 2.24) is 9.62 Å². The van der Waals surface area contributed by atoms with Crippen molar-refractivity contribution >= 4 is 33.5 Å². The lowest BCUT2D eigenvalue weighted by Crippen LogP contribution is -2.45. The van der Waals surface area contributed by atoms with Crippen LogP contribution in [0.5, 0.6) is 0 Å². The maximum absolute atomic E-state index is 12.2. The highest BCUT2D eigenvalue weighted by Crippen LogP contribution is 2.19. The number of amides is 1. The van der Waals surface area contributed by atoms with Gasteiger partial charge < -0.3 is 9.64 Å². The van der Waals surface area contributed by atoms with E-state index in [9.17, 15) is 18.0 Å². The van der Waals surface area contributed by atoms with Gasteiger partial charge in [0.05, 0.1) is 11.3 Å². The van der Waals surface area contributed by atoms with E-state index < -0.39 is 16.0 Å². The third kappa shape index (κ3) is 6.48. The van der Waals surface area contributed by atoms with Crippen LogP contribution in [0.2, 0.25) is 5.02 Å². The SMILES string of the molecule is CC[C@@H]1CCCCN1C(=O)COC(=O)CCNS(=O)(=O)c1ccc(Cl)cc1. The lowest BCUT2D eigenvalue weighted by molar-refractivity contribution is -0.153. The second-order valence-corrected chi connectivity index (χ2v) is 8.61. The first-order valence-electron chi connectivity index (χ1n) is 9.04. The number of hydrogen-bond acceptors (Lipinski definition) is 5.